The van der Waals surface area contributed by atoms with E-state index in [0.29, 0.717) is 12.0 Å². The summed E-state index contributed by atoms with van der Waals surface area (Å²) in [7, 11) is 0. The number of hydrogen-bond acceptors (Lipinski definition) is 4. The van der Waals surface area contributed by atoms with E-state index in [0.717, 1.165) is 16.0 Å². The zero-order valence-corrected chi connectivity index (χ0v) is 13.6. The molecule has 2 amide bonds. The first kappa shape index (κ1) is 17.1. The van der Waals surface area contributed by atoms with Gasteiger partial charge in [0.1, 0.15) is 0 Å². The molecule has 21 heavy (non-hydrogen) atoms. The molecule has 1 saturated heterocycles. The van der Waals surface area contributed by atoms with Crippen LogP contribution in [0.15, 0.2) is 22.8 Å². The normalized spacial score (nSPS) is 15.9. The average molecular weight is 293 g/mol. The van der Waals surface area contributed by atoms with Crippen molar-refractivity contribution in [1.82, 2.24) is 4.90 Å². The number of β-lactam (4-membered cyclic amide) rings is 1. The van der Waals surface area contributed by atoms with Crippen LogP contribution in [0, 0.1) is 0 Å². The number of imide groups is 1. The molecular formula is C16H23NO4. The summed E-state index contributed by atoms with van der Waals surface area (Å²) in [6, 6.07) is 0. The van der Waals surface area contributed by atoms with Crippen LogP contribution in [-0.2, 0) is 19.1 Å². The van der Waals surface area contributed by atoms with Crippen molar-refractivity contribution in [2.75, 3.05) is 6.61 Å². The summed E-state index contributed by atoms with van der Waals surface area (Å²) in [5.74, 6) is -1.25. The van der Waals surface area contributed by atoms with Crippen LogP contribution in [0.25, 0.3) is 0 Å². The van der Waals surface area contributed by atoms with Gasteiger partial charge in [0.05, 0.1) is 17.5 Å². The van der Waals surface area contributed by atoms with E-state index < -0.39 is 24.0 Å². The molecule has 1 rings (SSSR count). The van der Waals surface area contributed by atoms with Gasteiger partial charge in [0.25, 0.3) is 5.91 Å². The number of rotatable bonds is 4. The lowest BCUT2D eigenvalue weighted by Gasteiger charge is -2.45. The molecule has 0 N–H and O–H groups in total. The molecule has 116 valence electrons. The van der Waals surface area contributed by atoms with Crippen molar-refractivity contribution in [2.45, 2.75) is 53.5 Å². The Hall–Kier alpha value is -1.91. The minimum absolute atomic E-state index is 0.229. The molecule has 5 heteroatoms. The minimum Gasteiger partial charge on any atom is -0.452 e. The number of ether oxygens (including phenoxy) is 1. The van der Waals surface area contributed by atoms with E-state index in [1.807, 2.05) is 13.8 Å². The van der Waals surface area contributed by atoms with Gasteiger partial charge in [0, 0.05) is 0 Å². The number of carbonyl (C=O) groups is 3. The zero-order valence-electron chi connectivity index (χ0n) is 13.6. The lowest BCUT2D eigenvalue weighted by molar-refractivity contribution is -0.169. The Kier molecular flexibility index (Phi) is 5.10. The molecule has 5 nitrogen and oxygen atoms in total. The predicted octanol–water partition coefficient (Wildman–Crippen LogP) is 2.37. The van der Waals surface area contributed by atoms with E-state index in [1.54, 1.807) is 33.8 Å². The van der Waals surface area contributed by atoms with Crippen molar-refractivity contribution in [3.63, 3.8) is 0 Å². The highest BCUT2D eigenvalue weighted by atomic mass is 16.5. The fourth-order valence-corrected chi connectivity index (χ4v) is 2.22. The zero-order chi connectivity index (χ0) is 16.4. The van der Waals surface area contributed by atoms with Gasteiger partial charge in [0.2, 0.25) is 5.91 Å². The van der Waals surface area contributed by atoms with Crippen molar-refractivity contribution in [1.29, 1.82) is 0 Å². The monoisotopic (exact) mass is 293 g/mol. The average Bonchev–Trinajstić information content (AvgIpc) is 2.31. The van der Waals surface area contributed by atoms with Crippen LogP contribution in [0.4, 0.5) is 0 Å². The molecule has 1 heterocycles. The van der Waals surface area contributed by atoms with Crippen LogP contribution >= 0.6 is 0 Å². The standard InChI is InChI=1S/C16H23NO4/c1-10(2)7-12(11(3)4)15(20)21-9-14(19)17-13(18)8-16(17,5)6/h7H,8-9H2,1-6H3. The molecular weight excluding hydrogens is 270 g/mol. The smallest absolute Gasteiger partial charge is 0.338 e. The number of amides is 2. The summed E-state index contributed by atoms with van der Waals surface area (Å²) in [5, 5.41) is 0. The van der Waals surface area contributed by atoms with Crippen molar-refractivity contribution in [3.05, 3.63) is 22.8 Å². The van der Waals surface area contributed by atoms with Crippen LogP contribution in [0.5, 0.6) is 0 Å². The molecule has 0 aromatic rings. The van der Waals surface area contributed by atoms with E-state index in [4.69, 9.17) is 4.74 Å². The fourth-order valence-electron chi connectivity index (χ4n) is 2.22. The highest BCUT2D eigenvalue weighted by molar-refractivity contribution is 6.03. The lowest BCUT2D eigenvalue weighted by atomic mass is 9.88. The van der Waals surface area contributed by atoms with Gasteiger partial charge in [-0.25, -0.2) is 4.79 Å². The Morgan fingerprint density at radius 1 is 1.24 bits per heavy atom. The highest BCUT2D eigenvalue weighted by Crippen LogP contribution is 2.30. The van der Waals surface area contributed by atoms with Crippen molar-refractivity contribution in [3.8, 4) is 0 Å². The summed E-state index contributed by atoms with van der Waals surface area (Å²) < 4.78 is 5.04. The van der Waals surface area contributed by atoms with Crippen LogP contribution in [0.3, 0.4) is 0 Å². The second kappa shape index (κ2) is 6.24. The minimum atomic E-state index is -0.546. The van der Waals surface area contributed by atoms with E-state index in [9.17, 15) is 14.4 Å². The molecule has 1 aliphatic rings. The summed E-state index contributed by atoms with van der Waals surface area (Å²) in [5.41, 5.74) is 1.74. The molecule has 0 aromatic carbocycles. The molecule has 0 saturated carbocycles. The topological polar surface area (TPSA) is 63.7 Å². The van der Waals surface area contributed by atoms with Crippen LogP contribution in [0.2, 0.25) is 0 Å². The first-order valence-corrected chi connectivity index (χ1v) is 6.91. The molecule has 0 spiro atoms. The van der Waals surface area contributed by atoms with Gasteiger partial charge in [-0.3, -0.25) is 14.5 Å². The second-order valence-corrected chi connectivity index (χ2v) is 6.32. The van der Waals surface area contributed by atoms with E-state index in [-0.39, 0.29) is 5.91 Å². The van der Waals surface area contributed by atoms with Gasteiger partial charge in [-0.15, -0.1) is 0 Å². The van der Waals surface area contributed by atoms with Crippen molar-refractivity contribution < 1.29 is 19.1 Å². The third kappa shape index (κ3) is 4.03. The Morgan fingerprint density at radius 2 is 1.81 bits per heavy atom. The molecule has 0 bridgehead atoms. The Balaban J connectivity index is 2.69. The lowest BCUT2D eigenvalue weighted by Crippen LogP contribution is -2.63. The number of allylic oxidation sites excluding steroid dienone is 2. The summed E-state index contributed by atoms with van der Waals surface area (Å²) in [4.78, 5) is 36.6. The van der Waals surface area contributed by atoms with Gasteiger partial charge >= 0.3 is 5.97 Å². The molecule has 0 radical (unpaired) electrons. The Morgan fingerprint density at radius 3 is 2.19 bits per heavy atom. The number of carbonyl (C=O) groups excluding carboxylic acids is 3. The summed E-state index contributed by atoms with van der Waals surface area (Å²) >= 11 is 0. The molecule has 0 atom stereocenters. The van der Waals surface area contributed by atoms with Crippen LogP contribution < -0.4 is 0 Å². The maximum absolute atomic E-state index is 12.0. The van der Waals surface area contributed by atoms with Crippen LogP contribution in [0.1, 0.15) is 48.0 Å². The third-order valence-electron chi connectivity index (χ3n) is 3.21. The van der Waals surface area contributed by atoms with E-state index >= 15 is 0 Å². The van der Waals surface area contributed by atoms with Gasteiger partial charge in [-0.1, -0.05) is 11.1 Å². The van der Waals surface area contributed by atoms with Gasteiger partial charge in [-0.05, 0) is 47.6 Å². The Labute approximate surface area is 125 Å². The first-order valence-electron chi connectivity index (χ1n) is 6.91. The maximum atomic E-state index is 12.0. The van der Waals surface area contributed by atoms with Gasteiger partial charge in [0.15, 0.2) is 6.61 Å². The fraction of sp³-hybridized carbons (Fsp3) is 0.562. The quantitative estimate of drug-likeness (QED) is 0.345. The molecule has 1 fully saturated rings. The molecule has 0 aliphatic carbocycles. The van der Waals surface area contributed by atoms with Gasteiger partial charge in [-0.2, -0.15) is 0 Å². The second-order valence-electron chi connectivity index (χ2n) is 6.32. The molecule has 0 aromatic heterocycles. The largest absolute Gasteiger partial charge is 0.452 e. The molecule has 0 unspecified atom stereocenters. The number of esters is 1. The van der Waals surface area contributed by atoms with E-state index in [2.05, 4.69) is 0 Å². The highest BCUT2D eigenvalue weighted by Gasteiger charge is 2.47. The van der Waals surface area contributed by atoms with Crippen molar-refractivity contribution >= 4 is 17.8 Å². The number of nitrogens with zero attached hydrogens (tertiary/aromatic N) is 1. The SMILES string of the molecule is CC(C)=CC(C(=O)OCC(=O)N1C(=O)CC1(C)C)=C(C)C. The number of hydrogen-bond donors (Lipinski definition) is 0. The van der Waals surface area contributed by atoms with Crippen LogP contribution in [-0.4, -0.2) is 34.8 Å². The van der Waals surface area contributed by atoms with Gasteiger partial charge < -0.3 is 4.74 Å². The Bertz CT molecular complexity index is 532. The summed E-state index contributed by atoms with van der Waals surface area (Å²) in [6.07, 6.45) is 2.06. The molecule has 1 aliphatic heterocycles. The van der Waals surface area contributed by atoms with Crippen molar-refractivity contribution in [2.24, 2.45) is 0 Å². The predicted molar refractivity (Wildman–Crippen MR) is 79.3 cm³/mol. The summed E-state index contributed by atoms with van der Waals surface area (Å²) in [6.45, 7) is 10.6. The third-order valence-corrected chi connectivity index (χ3v) is 3.21. The first-order chi connectivity index (χ1) is 9.56. The van der Waals surface area contributed by atoms with E-state index in [1.165, 1.54) is 0 Å². The maximum Gasteiger partial charge on any atom is 0.338 e. The number of likely N-dealkylation sites (tertiary alicyclic amines) is 1.